The van der Waals surface area contributed by atoms with Gasteiger partial charge in [0.05, 0.1) is 0 Å². The molecule has 0 aromatic heterocycles. The van der Waals surface area contributed by atoms with E-state index in [9.17, 15) is 0 Å². The van der Waals surface area contributed by atoms with Crippen molar-refractivity contribution in [3.63, 3.8) is 0 Å². The molecular weight excluding hydrogens is 324 g/mol. The molecule has 1 N–H and O–H groups in total. The van der Waals surface area contributed by atoms with Crippen molar-refractivity contribution in [2.75, 3.05) is 14.1 Å². The molecule has 0 bridgehead atoms. The fourth-order valence-corrected chi connectivity index (χ4v) is 3.74. The van der Waals surface area contributed by atoms with E-state index in [-0.39, 0.29) is 0 Å². The molecule has 25 heavy (non-hydrogen) atoms. The molecule has 2 nitrogen and oxygen atoms in total. The monoisotopic (exact) mass is 356 g/mol. The molecule has 1 fully saturated rings. The molecule has 2 aliphatic rings. The van der Waals surface area contributed by atoms with E-state index in [1.807, 2.05) is 20.3 Å². The number of hydrogen-bond donors (Lipinski definition) is 1. The van der Waals surface area contributed by atoms with Crippen LogP contribution in [-0.4, -0.2) is 19.0 Å². The Morgan fingerprint density at radius 2 is 1.92 bits per heavy atom. The van der Waals surface area contributed by atoms with Gasteiger partial charge in [-0.3, -0.25) is 4.72 Å². The summed E-state index contributed by atoms with van der Waals surface area (Å²) in [5.74, 6) is 1.42. The highest BCUT2D eigenvalue weighted by atomic mass is 32.2. The van der Waals surface area contributed by atoms with Crippen molar-refractivity contribution in [3.05, 3.63) is 66.5 Å². The minimum Gasteiger partial charge on any atom is -0.355 e. The van der Waals surface area contributed by atoms with Crippen molar-refractivity contribution in [1.29, 1.82) is 0 Å². The van der Waals surface area contributed by atoms with Gasteiger partial charge in [-0.1, -0.05) is 51.6 Å². The van der Waals surface area contributed by atoms with Crippen LogP contribution in [0.5, 0.6) is 0 Å². The van der Waals surface area contributed by atoms with Gasteiger partial charge < -0.3 is 4.90 Å². The van der Waals surface area contributed by atoms with E-state index in [0.29, 0.717) is 11.3 Å². The maximum absolute atomic E-state index is 3.73. The summed E-state index contributed by atoms with van der Waals surface area (Å²) in [5.41, 5.74) is 3.38. The standard InChI is InChI=1S/C12H17NS.C10H15N/c1-12(2)8-11(12)9-4-6-10(7-5-9)14-13-3;1-4-11(3)10-8-6-5-7-9(10)2/h4-7,11,13H,8H2,1-3H3;4-6,8-9H,1,7H2,2-3H3. The van der Waals surface area contributed by atoms with Crippen LogP contribution in [0.1, 0.15) is 45.1 Å². The Kier molecular flexibility index (Phi) is 6.97. The van der Waals surface area contributed by atoms with Gasteiger partial charge in [-0.2, -0.15) is 0 Å². The topological polar surface area (TPSA) is 15.3 Å². The van der Waals surface area contributed by atoms with Gasteiger partial charge in [0.1, 0.15) is 0 Å². The molecule has 0 radical (unpaired) electrons. The zero-order valence-corrected chi connectivity index (χ0v) is 17.1. The number of rotatable bonds is 5. The minimum atomic E-state index is 0.539. The van der Waals surface area contributed by atoms with Crippen LogP contribution in [0.15, 0.2) is 65.9 Å². The summed E-state index contributed by atoms with van der Waals surface area (Å²) in [6.45, 7) is 10.6. The van der Waals surface area contributed by atoms with E-state index >= 15 is 0 Å². The third-order valence-corrected chi connectivity index (χ3v) is 5.81. The molecule has 2 atom stereocenters. The summed E-state index contributed by atoms with van der Waals surface area (Å²) in [7, 11) is 3.98. The van der Waals surface area contributed by atoms with Crippen LogP contribution >= 0.6 is 11.9 Å². The van der Waals surface area contributed by atoms with Crippen molar-refractivity contribution in [1.82, 2.24) is 9.62 Å². The molecule has 0 spiro atoms. The fraction of sp³-hybridized carbons (Fsp3) is 0.455. The van der Waals surface area contributed by atoms with Gasteiger partial charge in [-0.25, -0.2) is 0 Å². The van der Waals surface area contributed by atoms with Crippen LogP contribution in [0, 0.1) is 11.3 Å². The molecule has 1 aromatic rings. The third kappa shape index (κ3) is 5.52. The van der Waals surface area contributed by atoms with Crippen LogP contribution in [0.4, 0.5) is 0 Å². The first kappa shape index (κ1) is 19.9. The Labute approximate surface area is 158 Å². The molecule has 3 heteroatoms. The highest BCUT2D eigenvalue weighted by Crippen LogP contribution is 2.58. The Morgan fingerprint density at radius 3 is 2.40 bits per heavy atom. The molecule has 0 heterocycles. The SMILES string of the molecule is C=CN(C)C1=CC=CCC1C.CNSc1ccc(C2CC2(C)C)cc1. The smallest absolute Gasteiger partial charge is 0.0228 e. The van der Waals surface area contributed by atoms with Crippen molar-refractivity contribution < 1.29 is 0 Å². The summed E-state index contributed by atoms with van der Waals surface area (Å²) in [5, 5.41) is 0. The fourth-order valence-electron chi connectivity index (χ4n) is 3.23. The number of nitrogens with zero attached hydrogens (tertiary/aromatic N) is 1. The molecule has 1 saturated carbocycles. The van der Waals surface area contributed by atoms with Crippen LogP contribution < -0.4 is 4.72 Å². The van der Waals surface area contributed by atoms with E-state index in [0.717, 1.165) is 12.3 Å². The van der Waals surface area contributed by atoms with Gasteiger partial charge in [0.25, 0.3) is 0 Å². The minimum absolute atomic E-state index is 0.539. The Morgan fingerprint density at radius 1 is 1.28 bits per heavy atom. The largest absolute Gasteiger partial charge is 0.355 e. The highest BCUT2D eigenvalue weighted by Gasteiger charge is 2.46. The molecule has 3 rings (SSSR count). The third-order valence-electron chi connectivity index (χ3n) is 5.09. The first-order chi connectivity index (χ1) is 11.9. The first-order valence-electron chi connectivity index (χ1n) is 9.04. The molecule has 0 amide bonds. The quantitative estimate of drug-likeness (QED) is 0.654. The summed E-state index contributed by atoms with van der Waals surface area (Å²) in [6, 6.07) is 8.92. The van der Waals surface area contributed by atoms with E-state index in [2.05, 4.69) is 79.5 Å². The summed E-state index contributed by atoms with van der Waals surface area (Å²) in [6.07, 6.45) is 10.8. The lowest BCUT2D eigenvalue weighted by Crippen LogP contribution is -2.17. The van der Waals surface area contributed by atoms with E-state index in [4.69, 9.17) is 0 Å². The number of benzene rings is 1. The molecule has 2 aliphatic carbocycles. The van der Waals surface area contributed by atoms with Crippen molar-refractivity contribution in [3.8, 4) is 0 Å². The van der Waals surface area contributed by atoms with Crippen molar-refractivity contribution in [2.24, 2.45) is 11.3 Å². The van der Waals surface area contributed by atoms with Gasteiger partial charge in [-0.15, -0.1) is 0 Å². The average molecular weight is 357 g/mol. The second-order valence-electron chi connectivity index (χ2n) is 7.57. The number of allylic oxidation sites excluding steroid dienone is 4. The van der Waals surface area contributed by atoms with Crippen LogP contribution in [0.3, 0.4) is 0 Å². The predicted octanol–water partition coefficient (Wildman–Crippen LogP) is 5.97. The molecule has 136 valence electrons. The normalized spacial score (nSPS) is 23.2. The van der Waals surface area contributed by atoms with Crippen LogP contribution in [0.2, 0.25) is 0 Å². The van der Waals surface area contributed by atoms with Gasteiger partial charge >= 0.3 is 0 Å². The van der Waals surface area contributed by atoms with Gasteiger partial charge in [0.15, 0.2) is 0 Å². The van der Waals surface area contributed by atoms with Gasteiger partial charge in [0.2, 0.25) is 0 Å². The summed E-state index contributed by atoms with van der Waals surface area (Å²) >= 11 is 1.67. The van der Waals surface area contributed by atoms with Gasteiger partial charge in [0, 0.05) is 17.6 Å². The molecule has 1 aromatic carbocycles. The zero-order valence-electron chi connectivity index (χ0n) is 16.3. The Hall–Kier alpha value is -1.45. The molecular formula is C22H32N2S. The highest BCUT2D eigenvalue weighted by molar-refractivity contribution is 7.97. The van der Waals surface area contributed by atoms with E-state index < -0.39 is 0 Å². The first-order valence-corrected chi connectivity index (χ1v) is 9.86. The lowest BCUT2D eigenvalue weighted by Gasteiger charge is -2.24. The summed E-state index contributed by atoms with van der Waals surface area (Å²) in [4.78, 5) is 3.36. The molecule has 0 saturated heterocycles. The maximum atomic E-state index is 3.73. The Bertz CT molecular complexity index is 628. The summed E-state index contributed by atoms with van der Waals surface area (Å²) < 4.78 is 3.08. The maximum Gasteiger partial charge on any atom is 0.0228 e. The van der Waals surface area contributed by atoms with Crippen LogP contribution in [0.25, 0.3) is 0 Å². The second kappa shape index (κ2) is 8.77. The number of nitrogens with one attached hydrogen (secondary N) is 1. The Balaban J connectivity index is 0.000000186. The molecule has 0 aliphatic heterocycles. The lowest BCUT2D eigenvalue weighted by molar-refractivity contribution is 0.467. The van der Waals surface area contributed by atoms with Crippen LogP contribution in [-0.2, 0) is 0 Å². The second-order valence-corrected chi connectivity index (χ2v) is 8.65. The zero-order chi connectivity index (χ0) is 18.4. The lowest BCUT2D eigenvalue weighted by atomic mass is 9.98. The van der Waals surface area contributed by atoms with Crippen molar-refractivity contribution >= 4 is 11.9 Å². The van der Waals surface area contributed by atoms with Gasteiger partial charge in [-0.05, 0) is 79.1 Å². The van der Waals surface area contributed by atoms with E-state index in [1.165, 1.54) is 22.6 Å². The predicted molar refractivity (Wildman–Crippen MR) is 111 cm³/mol. The van der Waals surface area contributed by atoms with E-state index in [1.54, 1.807) is 11.9 Å². The van der Waals surface area contributed by atoms with Crippen molar-refractivity contribution in [2.45, 2.75) is 44.4 Å². The average Bonchev–Trinajstić information content (AvgIpc) is 3.25. The number of hydrogen-bond acceptors (Lipinski definition) is 3. The molecule has 2 unspecified atom stereocenters.